The van der Waals surface area contributed by atoms with Crippen molar-refractivity contribution in [3.05, 3.63) is 34.3 Å². The Morgan fingerprint density at radius 2 is 2.21 bits per heavy atom. The summed E-state index contributed by atoms with van der Waals surface area (Å²) in [7, 11) is 0. The lowest BCUT2D eigenvalue weighted by molar-refractivity contribution is 1.32. The second kappa shape index (κ2) is 5.70. The second-order valence-corrected chi connectivity index (χ2v) is 3.75. The van der Waals surface area contributed by atoms with Crippen LogP contribution in [0, 0.1) is 23.2 Å². The van der Waals surface area contributed by atoms with Gasteiger partial charge in [0.15, 0.2) is 0 Å². The monoisotopic (exact) mass is 267 g/mol. The molecule has 0 N–H and O–H groups in total. The van der Waals surface area contributed by atoms with Gasteiger partial charge in [-0.05, 0) is 18.2 Å². The van der Waals surface area contributed by atoms with Crippen LogP contribution in [0.4, 0.5) is 0 Å². The fourth-order valence-corrected chi connectivity index (χ4v) is 1.32. The standard InChI is InChI=1S/C11H7BrClN/c12-6-2-1-3-9-4-5-10(8-14)11(13)7-9/h4-5,7H,2,6H2. The zero-order valence-electron chi connectivity index (χ0n) is 7.35. The molecular weight excluding hydrogens is 261 g/mol. The maximum atomic E-state index is 8.65. The van der Waals surface area contributed by atoms with Crippen molar-refractivity contribution >= 4 is 27.5 Å². The van der Waals surface area contributed by atoms with Gasteiger partial charge in [-0.1, -0.05) is 39.4 Å². The lowest BCUT2D eigenvalue weighted by Crippen LogP contribution is -1.80. The summed E-state index contributed by atoms with van der Waals surface area (Å²) in [5.74, 6) is 5.94. The van der Waals surface area contributed by atoms with E-state index in [1.165, 1.54) is 0 Å². The van der Waals surface area contributed by atoms with Gasteiger partial charge in [-0.2, -0.15) is 5.26 Å². The second-order valence-electron chi connectivity index (χ2n) is 2.55. The Kier molecular flexibility index (Phi) is 4.53. The minimum Gasteiger partial charge on any atom is -0.192 e. The van der Waals surface area contributed by atoms with Crippen molar-refractivity contribution in [3.63, 3.8) is 0 Å². The van der Waals surface area contributed by atoms with Gasteiger partial charge in [-0.25, -0.2) is 0 Å². The molecule has 0 atom stereocenters. The van der Waals surface area contributed by atoms with E-state index in [1.54, 1.807) is 18.2 Å². The fraction of sp³-hybridized carbons (Fsp3) is 0.182. The molecule has 0 bridgehead atoms. The highest BCUT2D eigenvalue weighted by atomic mass is 79.9. The molecule has 1 rings (SSSR count). The van der Waals surface area contributed by atoms with E-state index in [2.05, 4.69) is 27.8 Å². The summed E-state index contributed by atoms with van der Waals surface area (Å²) in [5.41, 5.74) is 1.33. The molecule has 0 aliphatic carbocycles. The molecule has 0 heterocycles. The van der Waals surface area contributed by atoms with Gasteiger partial charge in [-0.15, -0.1) is 0 Å². The fourth-order valence-electron chi connectivity index (χ4n) is 0.895. The molecule has 3 heteroatoms. The third-order valence-electron chi connectivity index (χ3n) is 1.54. The quantitative estimate of drug-likeness (QED) is 0.566. The number of rotatable bonds is 1. The van der Waals surface area contributed by atoms with Crippen LogP contribution >= 0.6 is 27.5 Å². The van der Waals surface area contributed by atoms with Gasteiger partial charge in [0.25, 0.3) is 0 Å². The largest absolute Gasteiger partial charge is 0.192 e. The van der Waals surface area contributed by atoms with E-state index in [1.807, 2.05) is 6.07 Å². The third-order valence-corrected chi connectivity index (χ3v) is 2.25. The molecule has 0 saturated heterocycles. The summed E-state index contributed by atoms with van der Waals surface area (Å²) in [6.07, 6.45) is 0.803. The smallest absolute Gasteiger partial charge is 0.101 e. The van der Waals surface area contributed by atoms with E-state index in [-0.39, 0.29) is 0 Å². The van der Waals surface area contributed by atoms with Gasteiger partial charge in [0, 0.05) is 17.3 Å². The molecule has 0 fully saturated rings. The summed E-state index contributed by atoms with van der Waals surface area (Å²) in [5, 5.41) is 9.97. The van der Waals surface area contributed by atoms with Gasteiger partial charge >= 0.3 is 0 Å². The van der Waals surface area contributed by atoms with Gasteiger partial charge < -0.3 is 0 Å². The molecule has 0 aliphatic heterocycles. The summed E-state index contributed by atoms with van der Waals surface area (Å²) in [6.45, 7) is 0. The van der Waals surface area contributed by atoms with Gasteiger partial charge in [0.1, 0.15) is 6.07 Å². The predicted molar refractivity (Wildman–Crippen MR) is 61.5 cm³/mol. The Morgan fingerprint density at radius 1 is 1.43 bits per heavy atom. The first kappa shape index (κ1) is 11.1. The normalized spacial score (nSPS) is 8.64. The Morgan fingerprint density at radius 3 is 2.79 bits per heavy atom. The zero-order valence-corrected chi connectivity index (χ0v) is 9.69. The van der Waals surface area contributed by atoms with Crippen molar-refractivity contribution < 1.29 is 0 Å². The number of halogens is 2. The van der Waals surface area contributed by atoms with Crippen LogP contribution in [0.15, 0.2) is 18.2 Å². The number of hydrogen-bond acceptors (Lipinski definition) is 1. The van der Waals surface area contributed by atoms with E-state index < -0.39 is 0 Å². The predicted octanol–water partition coefficient (Wildman–Crippen LogP) is 3.35. The highest BCUT2D eigenvalue weighted by Gasteiger charge is 1.98. The molecule has 0 saturated carbocycles. The maximum Gasteiger partial charge on any atom is 0.101 e. The van der Waals surface area contributed by atoms with E-state index in [0.717, 1.165) is 17.3 Å². The summed E-state index contributed by atoms with van der Waals surface area (Å²) in [4.78, 5) is 0. The van der Waals surface area contributed by atoms with Crippen LogP contribution in [-0.4, -0.2) is 5.33 Å². The highest BCUT2D eigenvalue weighted by Crippen LogP contribution is 2.16. The molecule has 1 nitrogen and oxygen atoms in total. The molecule has 0 radical (unpaired) electrons. The number of nitriles is 1. The topological polar surface area (TPSA) is 23.8 Å². The van der Waals surface area contributed by atoms with Crippen molar-refractivity contribution in [2.24, 2.45) is 0 Å². The number of nitrogens with zero attached hydrogens (tertiary/aromatic N) is 1. The highest BCUT2D eigenvalue weighted by molar-refractivity contribution is 9.09. The molecule has 1 aromatic carbocycles. The maximum absolute atomic E-state index is 8.65. The Hall–Kier alpha value is -0.960. The first-order valence-corrected chi connectivity index (χ1v) is 5.52. The average molecular weight is 269 g/mol. The van der Waals surface area contributed by atoms with Crippen molar-refractivity contribution in [1.82, 2.24) is 0 Å². The minimum atomic E-state index is 0.457. The van der Waals surface area contributed by atoms with Crippen LogP contribution in [0.2, 0.25) is 5.02 Å². The summed E-state index contributed by atoms with van der Waals surface area (Å²) in [6, 6.07) is 7.19. The summed E-state index contributed by atoms with van der Waals surface area (Å²) >= 11 is 9.13. The number of hydrogen-bond donors (Lipinski definition) is 0. The molecule has 0 unspecified atom stereocenters. The van der Waals surface area contributed by atoms with Crippen LogP contribution in [0.1, 0.15) is 17.5 Å². The number of benzene rings is 1. The van der Waals surface area contributed by atoms with Crippen molar-refractivity contribution in [3.8, 4) is 17.9 Å². The number of alkyl halides is 1. The Labute approximate surface area is 96.8 Å². The van der Waals surface area contributed by atoms with Crippen molar-refractivity contribution in [2.75, 3.05) is 5.33 Å². The molecule has 14 heavy (non-hydrogen) atoms. The van der Waals surface area contributed by atoms with Crippen LogP contribution in [0.3, 0.4) is 0 Å². The van der Waals surface area contributed by atoms with Gasteiger partial charge in [0.2, 0.25) is 0 Å². The lowest BCUT2D eigenvalue weighted by atomic mass is 10.1. The summed E-state index contributed by atoms with van der Waals surface area (Å²) < 4.78 is 0. The molecule has 0 amide bonds. The van der Waals surface area contributed by atoms with Gasteiger partial charge in [0.05, 0.1) is 10.6 Å². The SMILES string of the molecule is N#Cc1ccc(C#CCCBr)cc1Cl. The first-order chi connectivity index (χ1) is 6.77. The third kappa shape index (κ3) is 3.07. The minimum absolute atomic E-state index is 0.457. The van der Waals surface area contributed by atoms with Crippen LogP contribution in [-0.2, 0) is 0 Å². The van der Waals surface area contributed by atoms with Crippen molar-refractivity contribution in [1.29, 1.82) is 5.26 Å². The molecule has 0 aromatic heterocycles. The van der Waals surface area contributed by atoms with E-state index >= 15 is 0 Å². The average Bonchev–Trinajstić information content (AvgIpc) is 2.18. The van der Waals surface area contributed by atoms with E-state index in [9.17, 15) is 0 Å². The van der Waals surface area contributed by atoms with Crippen LogP contribution < -0.4 is 0 Å². The Bertz CT molecular complexity index is 423. The van der Waals surface area contributed by atoms with Crippen molar-refractivity contribution in [2.45, 2.75) is 6.42 Å². The lowest BCUT2D eigenvalue weighted by Gasteiger charge is -1.94. The zero-order chi connectivity index (χ0) is 10.4. The van der Waals surface area contributed by atoms with Gasteiger partial charge in [-0.3, -0.25) is 0 Å². The van der Waals surface area contributed by atoms with E-state index in [0.29, 0.717) is 10.6 Å². The molecule has 1 aromatic rings. The molecule has 0 spiro atoms. The van der Waals surface area contributed by atoms with E-state index in [4.69, 9.17) is 16.9 Å². The van der Waals surface area contributed by atoms with Crippen LogP contribution in [0.5, 0.6) is 0 Å². The molecular formula is C11H7BrClN. The molecule has 0 aliphatic rings. The molecule has 70 valence electrons. The Balaban J connectivity index is 2.89. The van der Waals surface area contributed by atoms with Crippen LogP contribution in [0.25, 0.3) is 0 Å². The first-order valence-electron chi connectivity index (χ1n) is 4.02.